The molecule has 0 aromatic rings. The first-order valence-electron chi connectivity index (χ1n) is 4.03. The fourth-order valence-electron chi connectivity index (χ4n) is 0.891. The van der Waals surface area contributed by atoms with E-state index >= 15 is 0 Å². The molecule has 0 rings (SSSR count). The molecule has 0 aliphatic rings. The Kier molecular flexibility index (Phi) is 6.33. The highest BCUT2D eigenvalue weighted by Crippen LogP contribution is 2.17. The van der Waals surface area contributed by atoms with Crippen molar-refractivity contribution in [2.75, 3.05) is 5.75 Å². The summed E-state index contributed by atoms with van der Waals surface area (Å²) in [7, 11) is 0. The first kappa shape index (κ1) is 10.8. The predicted octanol–water partition coefficient (Wildman–Crippen LogP) is 2.87. The van der Waals surface area contributed by atoms with Gasteiger partial charge < -0.3 is 0 Å². The molecule has 0 radical (unpaired) electrons. The molecule has 0 saturated carbocycles. The normalized spacial score (nSPS) is 12.5. The molecular weight excluding hydrogens is 156 g/mol. The Labute approximate surface area is 73.3 Å². The van der Waals surface area contributed by atoms with E-state index in [1.807, 2.05) is 19.9 Å². The van der Waals surface area contributed by atoms with Gasteiger partial charge >= 0.3 is 0 Å². The zero-order valence-electron chi connectivity index (χ0n) is 7.30. The van der Waals surface area contributed by atoms with E-state index in [1.165, 1.54) is 11.8 Å². The number of allylic oxidation sites excluding steroid dienone is 1. The highest BCUT2D eigenvalue weighted by Gasteiger charge is 2.13. The Bertz CT molecular complexity index is 132. The van der Waals surface area contributed by atoms with Crippen LogP contribution in [-0.2, 0) is 4.79 Å². The van der Waals surface area contributed by atoms with Crippen LogP contribution in [0.4, 0.5) is 0 Å². The third-order valence-electron chi connectivity index (χ3n) is 1.56. The van der Waals surface area contributed by atoms with Crippen molar-refractivity contribution in [2.24, 2.45) is 5.92 Å². The molecule has 0 bridgehead atoms. The molecule has 1 nitrogen and oxygen atoms in total. The lowest BCUT2D eigenvalue weighted by Crippen LogP contribution is -2.08. The Morgan fingerprint density at radius 3 is 2.64 bits per heavy atom. The summed E-state index contributed by atoms with van der Waals surface area (Å²) in [5.41, 5.74) is 0. The van der Waals surface area contributed by atoms with Gasteiger partial charge in [-0.3, -0.25) is 4.79 Å². The van der Waals surface area contributed by atoms with E-state index in [4.69, 9.17) is 0 Å². The molecular formula is C9H16OS. The van der Waals surface area contributed by atoms with Crippen molar-refractivity contribution in [3.05, 3.63) is 12.7 Å². The third kappa shape index (κ3) is 4.25. The quantitative estimate of drug-likeness (QED) is 0.593. The Hall–Kier alpha value is -0.240. The molecule has 0 fully saturated rings. The molecule has 1 atom stereocenters. The summed E-state index contributed by atoms with van der Waals surface area (Å²) >= 11 is 1.42. The van der Waals surface area contributed by atoms with Crippen LogP contribution in [0.2, 0.25) is 0 Å². The number of carbonyl (C=O) groups is 1. The predicted molar refractivity (Wildman–Crippen MR) is 51.7 cm³/mol. The molecule has 11 heavy (non-hydrogen) atoms. The summed E-state index contributed by atoms with van der Waals surface area (Å²) in [6, 6.07) is 0. The Balaban J connectivity index is 3.80. The van der Waals surface area contributed by atoms with Crippen LogP contribution in [0, 0.1) is 5.92 Å². The second-order valence-corrected chi connectivity index (χ2v) is 3.65. The molecule has 0 aromatic carbocycles. The van der Waals surface area contributed by atoms with Crippen molar-refractivity contribution < 1.29 is 4.79 Å². The minimum Gasteiger partial charge on any atom is -0.287 e. The van der Waals surface area contributed by atoms with E-state index in [2.05, 4.69) is 6.58 Å². The summed E-state index contributed by atoms with van der Waals surface area (Å²) in [5.74, 6) is 1.07. The fourth-order valence-corrected chi connectivity index (χ4v) is 1.67. The SMILES string of the molecule is C=CCC(CC)C(=O)SCC. The van der Waals surface area contributed by atoms with E-state index in [0.29, 0.717) is 5.12 Å². The van der Waals surface area contributed by atoms with Gasteiger partial charge in [0.15, 0.2) is 5.12 Å². The van der Waals surface area contributed by atoms with Crippen molar-refractivity contribution in [1.29, 1.82) is 0 Å². The smallest absolute Gasteiger partial charge is 0.192 e. The van der Waals surface area contributed by atoms with E-state index < -0.39 is 0 Å². The number of hydrogen-bond donors (Lipinski definition) is 0. The van der Waals surface area contributed by atoms with Crippen molar-refractivity contribution in [1.82, 2.24) is 0 Å². The lowest BCUT2D eigenvalue weighted by Gasteiger charge is -2.08. The maximum atomic E-state index is 11.3. The molecule has 1 unspecified atom stereocenters. The van der Waals surface area contributed by atoms with Gasteiger partial charge in [-0.15, -0.1) is 6.58 Å². The number of hydrogen-bond acceptors (Lipinski definition) is 2. The lowest BCUT2D eigenvalue weighted by molar-refractivity contribution is -0.114. The first-order chi connectivity index (χ1) is 5.26. The average molecular weight is 172 g/mol. The van der Waals surface area contributed by atoms with Crippen molar-refractivity contribution in [2.45, 2.75) is 26.7 Å². The molecule has 0 spiro atoms. The van der Waals surface area contributed by atoms with Crippen LogP contribution in [0.3, 0.4) is 0 Å². The standard InChI is InChI=1S/C9H16OS/c1-4-7-8(5-2)9(10)11-6-3/h4,8H,1,5-7H2,2-3H3. The van der Waals surface area contributed by atoms with Gasteiger partial charge in [0.2, 0.25) is 0 Å². The van der Waals surface area contributed by atoms with Gasteiger partial charge in [0, 0.05) is 5.92 Å². The Morgan fingerprint density at radius 2 is 2.27 bits per heavy atom. The summed E-state index contributed by atoms with van der Waals surface area (Å²) in [5, 5.41) is 0.315. The highest BCUT2D eigenvalue weighted by atomic mass is 32.2. The van der Waals surface area contributed by atoms with E-state index in [-0.39, 0.29) is 5.92 Å². The zero-order chi connectivity index (χ0) is 8.69. The highest BCUT2D eigenvalue weighted by molar-refractivity contribution is 8.13. The van der Waals surface area contributed by atoms with Crippen LogP contribution in [-0.4, -0.2) is 10.9 Å². The van der Waals surface area contributed by atoms with Crippen molar-refractivity contribution in [3.8, 4) is 0 Å². The van der Waals surface area contributed by atoms with Crippen LogP contribution >= 0.6 is 11.8 Å². The summed E-state index contributed by atoms with van der Waals surface area (Å²) < 4.78 is 0. The molecule has 0 aliphatic heterocycles. The van der Waals surface area contributed by atoms with Crippen LogP contribution in [0.15, 0.2) is 12.7 Å². The molecule has 0 aromatic heterocycles. The van der Waals surface area contributed by atoms with E-state index in [0.717, 1.165) is 18.6 Å². The summed E-state index contributed by atoms with van der Waals surface area (Å²) in [4.78, 5) is 11.3. The maximum absolute atomic E-state index is 11.3. The zero-order valence-corrected chi connectivity index (χ0v) is 8.12. The lowest BCUT2D eigenvalue weighted by atomic mass is 10.1. The number of rotatable bonds is 5. The van der Waals surface area contributed by atoms with Gasteiger partial charge in [0.05, 0.1) is 0 Å². The van der Waals surface area contributed by atoms with E-state index in [9.17, 15) is 4.79 Å². The van der Waals surface area contributed by atoms with Crippen LogP contribution in [0.5, 0.6) is 0 Å². The molecule has 0 aliphatic carbocycles. The van der Waals surface area contributed by atoms with Crippen LogP contribution < -0.4 is 0 Å². The molecule has 2 heteroatoms. The third-order valence-corrected chi connectivity index (χ3v) is 2.47. The van der Waals surface area contributed by atoms with Crippen molar-refractivity contribution in [3.63, 3.8) is 0 Å². The second-order valence-electron chi connectivity index (χ2n) is 2.38. The molecule has 0 amide bonds. The van der Waals surface area contributed by atoms with Gasteiger partial charge in [0.25, 0.3) is 0 Å². The minimum absolute atomic E-state index is 0.192. The maximum Gasteiger partial charge on any atom is 0.192 e. The number of thioether (sulfide) groups is 1. The summed E-state index contributed by atoms with van der Waals surface area (Å²) in [6.07, 6.45) is 3.57. The molecule has 0 heterocycles. The second kappa shape index (κ2) is 6.47. The van der Waals surface area contributed by atoms with Crippen molar-refractivity contribution >= 4 is 16.9 Å². The van der Waals surface area contributed by atoms with Gasteiger partial charge in [0.1, 0.15) is 0 Å². The van der Waals surface area contributed by atoms with Gasteiger partial charge in [-0.25, -0.2) is 0 Å². The topological polar surface area (TPSA) is 17.1 Å². The summed E-state index contributed by atoms with van der Waals surface area (Å²) in [6.45, 7) is 7.68. The largest absolute Gasteiger partial charge is 0.287 e. The van der Waals surface area contributed by atoms with Crippen LogP contribution in [0.25, 0.3) is 0 Å². The molecule has 64 valence electrons. The van der Waals surface area contributed by atoms with Gasteiger partial charge in [-0.2, -0.15) is 0 Å². The fraction of sp³-hybridized carbons (Fsp3) is 0.667. The van der Waals surface area contributed by atoms with Gasteiger partial charge in [-0.1, -0.05) is 31.7 Å². The monoisotopic (exact) mass is 172 g/mol. The molecule has 0 saturated heterocycles. The minimum atomic E-state index is 0.192. The number of carbonyl (C=O) groups excluding carboxylic acids is 1. The Morgan fingerprint density at radius 1 is 1.64 bits per heavy atom. The first-order valence-corrected chi connectivity index (χ1v) is 5.02. The average Bonchev–Trinajstić information content (AvgIpc) is 2.00. The van der Waals surface area contributed by atoms with Crippen LogP contribution in [0.1, 0.15) is 26.7 Å². The van der Waals surface area contributed by atoms with E-state index in [1.54, 1.807) is 0 Å². The van der Waals surface area contributed by atoms with Gasteiger partial charge in [-0.05, 0) is 18.6 Å². The molecule has 0 N–H and O–H groups in total.